The quantitative estimate of drug-likeness (QED) is 0.424. The lowest BCUT2D eigenvalue weighted by Gasteiger charge is -2.40. The highest BCUT2D eigenvalue weighted by Crippen LogP contribution is 2.54. The highest BCUT2D eigenvalue weighted by molar-refractivity contribution is 14.1. The summed E-state index contributed by atoms with van der Waals surface area (Å²) in [5.41, 5.74) is -2.90. The van der Waals surface area contributed by atoms with E-state index in [9.17, 15) is 18.0 Å². The molecule has 0 bridgehead atoms. The molecule has 0 saturated heterocycles. The summed E-state index contributed by atoms with van der Waals surface area (Å²) in [5.74, 6) is -0.396. The zero-order valence-electron chi connectivity index (χ0n) is 17.0. The Morgan fingerprint density at radius 2 is 1.60 bits per heavy atom. The third-order valence-electron chi connectivity index (χ3n) is 4.54. The van der Waals surface area contributed by atoms with Gasteiger partial charge in [0, 0.05) is 11.6 Å². The predicted octanol–water partition coefficient (Wildman–Crippen LogP) is 6.29. The topological polar surface area (TPSA) is 44.8 Å². The van der Waals surface area contributed by atoms with E-state index in [0.29, 0.717) is 9.32 Å². The van der Waals surface area contributed by atoms with Crippen molar-refractivity contribution in [2.45, 2.75) is 58.1 Å². The molecule has 0 aromatic heterocycles. The second-order valence-electron chi connectivity index (χ2n) is 7.62. The van der Waals surface area contributed by atoms with E-state index in [1.54, 1.807) is 39.8 Å². The summed E-state index contributed by atoms with van der Waals surface area (Å²) in [4.78, 5) is 13.1. The van der Waals surface area contributed by atoms with Gasteiger partial charge in [0.1, 0.15) is 17.1 Å². The van der Waals surface area contributed by atoms with Gasteiger partial charge in [0.05, 0.1) is 22.2 Å². The standard InChI is InChI=1S/C22H22F3IO4/c1-12(2)28-16-10-17(29-13(3)4)19(26)20-18(16)15(27)11-21(30-20,22(23,24)25)14-8-6-5-7-9-14/h5-10,12-13H,11H2,1-4H3. The van der Waals surface area contributed by atoms with Gasteiger partial charge in [0.25, 0.3) is 0 Å². The molecule has 1 aliphatic rings. The first-order valence-corrected chi connectivity index (χ1v) is 10.6. The molecule has 3 rings (SSSR count). The van der Waals surface area contributed by atoms with Gasteiger partial charge in [-0.3, -0.25) is 4.79 Å². The van der Waals surface area contributed by atoms with Crippen molar-refractivity contribution in [3.8, 4) is 17.2 Å². The van der Waals surface area contributed by atoms with Crippen molar-refractivity contribution in [1.82, 2.24) is 0 Å². The van der Waals surface area contributed by atoms with Crippen molar-refractivity contribution >= 4 is 28.4 Å². The van der Waals surface area contributed by atoms with Crippen LogP contribution in [0.5, 0.6) is 17.2 Å². The van der Waals surface area contributed by atoms with Crippen LogP contribution in [0.3, 0.4) is 0 Å². The van der Waals surface area contributed by atoms with E-state index in [1.165, 1.54) is 24.3 Å². The minimum absolute atomic E-state index is 0.0139. The van der Waals surface area contributed by atoms with Gasteiger partial charge >= 0.3 is 6.18 Å². The lowest BCUT2D eigenvalue weighted by atomic mass is 9.83. The second-order valence-corrected chi connectivity index (χ2v) is 8.70. The van der Waals surface area contributed by atoms with E-state index in [0.717, 1.165) is 0 Å². The minimum atomic E-state index is -4.82. The average Bonchev–Trinajstić information content (AvgIpc) is 2.64. The number of ketones is 1. The third-order valence-corrected chi connectivity index (χ3v) is 5.56. The van der Waals surface area contributed by atoms with Crippen molar-refractivity contribution in [3.63, 3.8) is 0 Å². The molecule has 1 aliphatic heterocycles. The Labute approximate surface area is 186 Å². The van der Waals surface area contributed by atoms with Gasteiger partial charge in [-0.15, -0.1) is 0 Å². The molecule has 30 heavy (non-hydrogen) atoms. The first kappa shape index (κ1) is 22.7. The Kier molecular flexibility index (Phi) is 6.27. The van der Waals surface area contributed by atoms with Gasteiger partial charge in [-0.05, 0) is 50.3 Å². The van der Waals surface area contributed by atoms with Crippen LogP contribution in [0.2, 0.25) is 0 Å². The Morgan fingerprint density at radius 3 is 2.13 bits per heavy atom. The van der Waals surface area contributed by atoms with Crippen molar-refractivity contribution in [1.29, 1.82) is 0 Å². The van der Waals surface area contributed by atoms with E-state index >= 15 is 0 Å². The maximum Gasteiger partial charge on any atom is 0.433 e. The highest BCUT2D eigenvalue weighted by atomic mass is 127. The zero-order valence-corrected chi connectivity index (χ0v) is 19.1. The molecule has 1 unspecified atom stereocenters. The van der Waals surface area contributed by atoms with Crippen LogP contribution in [0.1, 0.15) is 50.0 Å². The van der Waals surface area contributed by atoms with Crippen LogP contribution in [0.25, 0.3) is 0 Å². The van der Waals surface area contributed by atoms with Gasteiger partial charge in [0.15, 0.2) is 11.5 Å². The summed E-state index contributed by atoms with van der Waals surface area (Å²) in [7, 11) is 0. The Morgan fingerprint density at radius 1 is 1.03 bits per heavy atom. The van der Waals surface area contributed by atoms with Crippen molar-refractivity contribution in [2.24, 2.45) is 0 Å². The first-order valence-electron chi connectivity index (χ1n) is 9.50. The molecule has 8 heteroatoms. The molecule has 0 spiro atoms. The lowest BCUT2D eigenvalue weighted by Crippen LogP contribution is -2.51. The Bertz CT molecular complexity index is 942. The van der Waals surface area contributed by atoms with E-state index in [2.05, 4.69) is 0 Å². The van der Waals surface area contributed by atoms with Crippen LogP contribution in [0.4, 0.5) is 13.2 Å². The molecular weight excluding hydrogens is 512 g/mol. The highest BCUT2D eigenvalue weighted by Gasteiger charge is 2.62. The summed E-state index contributed by atoms with van der Waals surface area (Å²) in [6.07, 6.45) is -6.22. The number of Topliss-reactive ketones (excluding diaryl/α,β-unsaturated/α-hetero) is 1. The number of hydrogen-bond acceptors (Lipinski definition) is 4. The molecule has 0 radical (unpaired) electrons. The Hall–Kier alpha value is -1.97. The fourth-order valence-electron chi connectivity index (χ4n) is 3.35. The maximum atomic E-state index is 14.4. The second kappa shape index (κ2) is 8.28. The minimum Gasteiger partial charge on any atom is -0.490 e. The first-order chi connectivity index (χ1) is 14.0. The molecule has 4 nitrogen and oxygen atoms in total. The van der Waals surface area contributed by atoms with Gasteiger partial charge < -0.3 is 14.2 Å². The molecule has 0 saturated carbocycles. The number of ether oxygens (including phenoxy) is 3. The number of alkyl halides is 3. The number of benzene rings is 2. The fourth-order valence-corrected chi connectivity index (χ4v) is 4.01. The summed E-state index contributed by atoms with van der Waals surface area (Å²) in [5, 5.41) is 0. The van der Waals surface area contributed by atoms with E-state index in [1.807, 2.05) is 22.6 Å². The average molecular weight is 534 g/mol. The maximum absolute atomic E-state index is 14.4. The summed E-state index contributed by atoms with van der Waals surface area (Å²) < 4.78 is 60.6. The lowest BCUT2D eigenvalue weighted by molar-refractivity contribution is -0.255. The van der Waals surface area contributed by atoms with E-state index in [4.69, 9.17) is 14.2 Å². The number of carbonyl (C=O) groups excluding carboxylic acids is 1. The molecule has 0 aliphatic carbocycles. The van der Waals surface area contributed by atoms with Gasteiger partial charge in [-0.25, -0.2) is 0 Å². The van der Waals surface area contributed by atoms with Crippen molar-refractivity contribution < 1.29 is 32.2 Å². The zero-order chi connectivity index (χ0) is 22.3. The van der Waals surface area contributed by atoms with Crippen LogP contribution in [-0.4, -0.2) is 24.2 Å². The van der Waals surface area contributed by atoms with Crippen LogP contribution in [0.15, 0.2) is 36.4 Å². The van der Waals surface area contributed by atoms with Crippen molar-refractivity contribution in [2.75, 3.05) is 0 Å². The summed E-state index contributed by atoms with van der Waals surface area (Å²) in [6, 6.07) is 8.77. The monoisotopic (exact) mass is 534 g/mol. The number of fused-ring (bicyclic) bond motifs is 1. The van der Waals surface area contributed by atoms with Gasteiger partial charge in [-0.2, -0.15) is 13.2 Å². The molecule has 1 atom stereocenters. The van der Waals surface area contributed by atoms with Crippen molar-refractivity contribution in [3.05, 3.63) is 51.1 Å². The normalized spacial score (nSPS) is 18.9. The van der Waals surface area contributed by atoms with Crippen LogP contribution >= 0.6 is 22.6 Å². The van der Waals surface area contributed by atoms with Crippen LogP contribution in [-0.2, 0) is 5.60 Å². The van der Waals surface area contributed by atoms with Gasteiger partial charge in [0.2, 0.25) is 5.60 Å². The molecule has 0 amide bonds. The largest absolute Gasteiger partial charge is 0.490 e. The number of carbonyl (C=O) groups is 1. The van der Waals surface area contributed by atoms with E-state index < -0.39 is 24.0 Å². The molecule has 2 aromatic carbocycles. The molecular formula is C22H22F3IO4. The molecule has 2 aromatic rings. The molecule has 162 valence electrons. The molecule has 0 fully saturated rings. The molecule has 1 heterocycles. The third kappa shape index (κ3) is 4.10. The van der Waals surface area contributed by atoms with Gasteiger partial charge in [-0.1, -0.05) is 30.3 Å². The SMILES string of the molecule is CC(C)Oc1cc(OC(C)C)c2c(c1I)OC(c1ccccc1)(C(F)(F)F)CC2=O. The number of rotatable bonds is 5. The predicted molar refractivity (Wildman–Crippen MR) is 114 cm³/mol. The number of halogens is 4. The van der Waals surface area contributed by atoms with Crippen LogP contribution in [0, 0.1) is 3.57 Å². The van der Waals surface area contributed by atoms with Crippen LogP contribution < -0.4 is 14.2 Å². The summed E-state index contributed by atoms with van der Waals surface area (Å²) in [6.45, 7) is 7.14. The fraction of sp³-hybridized carbons (Fsp3) is 0.409. The molecule has 0 N–H and O–H groups in total. The Balaban J connectivity index is 2.27. The summed E-state index contributed by atoms with van der Waals surface area (Å²) >= 11 is 1.86. The van der Waals surface area contributed by atoms with E-state index in [-0.39, 0.29) is 34.8 Å². The smallest absolute Gasteiger partial charge is 0.433 e. The number of hydrogen-bond donors (Lipinski definition) is 0.